The zero-order chi connectivity index (χ0) is 21.7. The molecule has 10 nitrogen and oxygen atoms in total. The Balaban J connectivity index is 1.61. The number of nitrogens with zero attached hydrogens (tertiary/aromatic N) is 2. The lowest BCUT2D eigenvalue weighted by Gasteiger charge is -2.14. The normalized spacial score (nSPS) is 10.7. The highest BCUT2D eigenvalue weighted by molar-refractivity contribution is 5.39. The maximum Gasteiger partial charge on any atom is 0.328 e. The number of rotatable bonds is 8. The molecule has 158 valence electrons. The Hall–Kier alpha value is -3.82. The summed E-state index contributed by atoms with van der Waals surface area (Å²) in [5.41, 5.74) is -0.946. The van der Waals surface area contributed by atoms with Crippen LogP contribution in [0.4, 0.5) is 0 Å². The monoisotopic (exact) mass is 414 g/mol. The highest BCUT2D eigenvalue weighted by Gasteiger charge is 2.07. The number of aryl methyl sites for hydroxylation is 2. The van der Waals surface area contributed by atoms with Crippen LogP contribution in [0, 0.1) is 13.8 Å². The fourth-order valence-electron chi connectivity index (χ4n) is 2.77. The van der Waals surface area contributed by atoms with Crippen LogP contribution in [0.2, 0.25) is 0 Å². The van der Waals surface area contributed by atoms with Crippen LogP contribution < -0.4 is 32.0 Å². The van der Waals surface area contributed by atoms with Crippen molar-refractivity contribution in [1.82, 2.24) is 19.1 Å². The van der Waals surface area contributed by atoms with Crippen LogP contribution in [0.15, 0.2) is 55.8 Å². The molecule has 0 unspecified atom stereocenters. The average molecular weight is 414 g/mol. The Bertz CT molecular complexity index is 1170. The van der Waals surface area contributed by atoms with Crippen LogP contribution >= 0.6 is 0 Å². The van der Waals surface area contributed by atoms with Crippen LogP contribution in [0.5, 0.6) is 11.5 Å². The summed E-state index contributed by atoms with van der Waals surface area (Å²) in [5.74, 6) is 0.966. The standard InChI is InChI=1S/C20H22N4O6/c1-13-11-23(19(27)21-17(13)25)7-9-29-15-5-3-4-6-16(15)30-10-8-24-12-14(2)18(26)22-20(24)28/h3-6,11-12H,7-10H2,1-2H3,(H,21,25,27)(H,22,26,28). The first-order valence-corrected chi connectivity index (χ1v) is 9.30. The summed E-state index contributed by atoms with van der Waals surface area (Å²) in [4.78, 5) is 51.0. The number of nitrogens with one attached hydrogen (secondary N) is 2. The molecule has 0 radical (unpaired) electrons. The fourth-order valence-corrected chi connectivity index (χ4v) is 2.77. The first kappa shape index (κ1) is 20.9. The van der Waals surface area contributed by atoms with Gasteiger partial charge in [0.1, 0.15) is 13.2 Å². The van der Waals surface area contributed by atoms with Crippen molar-refractivity contribution in [3.8, 4) is 11.5 Å². The summed E-state index contributed by atoms with van der Waals surface area (Å²) < 4.78 is 14.2. The van der Waals surface area contributed by atoms with E-state index in [1.54, 1.807) is 38.1 Å². The van der Waals surface area contributed by atoms with Gasteiger partial charge in [0, 0.05) is 23.5 Å². The molecule has 0 saturated carbocycles. The van der Waals surface area contributed by atoms with Gasteiger partial charge >= 0.3 is 11.4 Å². The number of hydrogen-bond acceptors (Lipinski definition) is 6. The fraction of sp³-hybridized carbons (Fsp3) is 0.300. The summed E-state index contributed by atoms with van der Waals surface area (Å²) >= 11 is 0. The van der Waals surface area contributed by atoms with Gasteiger partial charge in [-0.1, -0.05) is 12.1 Å². The van der Waals surface area contributed by atoms with Gasteiger partial charge in [0.2, 0.25) is 0 Å². The van der Waals surface area contributed by atoms with Gasteiger partial charge in [0.25, 0.3) is 11.1 Å². The SMILES string of the molecule is Cc1cn(CCOc2ccccc2OCCn2cc(C)c(=O)[nH]c2=O)c(=O)[nH]c1=O. The van der Waals surface area contributed by atoms with E-state index in [4.69, 9.17) is 9.47 Å². The number of H-pyrrole nitrogens is 2. The Kier molecular flexibility index (Phi) is 6.35. The maximum atomic E-state index is 11.8. The molecule has 2 aromatic heterocycles. The van der Waals surface area contributed by atoms with E-state index in [1.807, 2.05) is 0 Å². The van der Waals surface area contributed by atoms with E-state index in [0.29, 0.717) is 22.6 Å². The summed E-state index contributed by atoms with van der Waals surface area (Å²) in [5, 5.41) is 0. The lowest BCUT2D eigenvalue weighted by atomic mass is 10.3. The van der Waals surface area contributed by atoms with Crippen molar-refractivity contribution in [2.75, 3.05) is 13.2 Å². The molecule has 0 aliphatic rings. The molecule has 1 aromatic carbocycles. The maximum absolute atomic E-state index is 11.8. The number of ether oxygens (including phenoxy) is 2. The third kappa shape index (κ3) is 4.96. The molecule has 0 atom stereocenters. The predicted octanol–water partition coefficient (Wildman–Crippen LogP) is 0.161. The third-order valence-electron chi connectivity index (χ3n) is 4.41. The second-order valence-corrected chi connectivity index (χ2v) is 6.67. The van der Waals surface area contributed by atoms with Crippen molar-refractivity contribution < 1.29 is 9.47 Å². The molecule has 3 aromatic rings. The van der Waals surface area contributed by atoms with Gasteiger partial charge in [-0.05, 0) is 26.0 Å². The predicted molar refractivity (Wildman–Crippen MR) is 110 cm³/mol. The number of para-hydroxylation sites is 2. The zero-order valence-corrected chi connectivity index (χ0v) is 16.6. The summed E-state index contributed by atoms with van der Waals surface area (Å²) in [6, 6.07) is 7.03. The van der Waals surface area contributed by atoms with Gasteiger partial charge < -0.3 is 9.47 Å². The second kappa shape index (κ2) is 9.12. The van der Waals surface area contributed by atoms with E-state index >= 15 is 0 Å². The van der Waals surface area contributed by atoms with E-state index in [9.17, 15) is 19.2 Å². The van der Waals surface area contributed by atoms with E-state index in [-0.39, 0.29) is 26.3 Å². The lowest BCUT2D eigenvalue weighted by Crippen LogP contribution is -2.32. The molecule has 3 rings (SSSR count). The molecule has 2 heterocycles. The highest BCUT2D eigenvalue weighted by atomic mass is 16.5. The topological polar surface area (TPSA) is 128 Å². The van der Waals surface area contributed by atoms with Crippen LogP contribution in [-0.2, 0) is 13.1 Å². The van der Waals surface area contributed by atoms with Gasteiger partial charge in [-0.2, -0.15) is 0 Å². The van der Waals surface area contributed by atoms with Gasteiger partial charge in [-0.15, -0.1) is 0 Å². The van der Waals surface area contributed by atoms with E-state index in [1.165, 1.54) is 21.5 Å². The molecule has 10 heteroatoms. The van der Waals surface area contributed by atoms with Crippen molar-refractivity contribution >= 4 is 0 Å². The average Bonchev–Trinajstić information content (AvgIpc) is 2.70. The van der Waals surface area contributed by atoms with Gasteiger partial charge in [-0.25, -0.2) is 9.59 Å². The molecular formula is C20H22N4O6. The highest BCUT2D eigenvalue weighted by Crippen LogP contribution is 2.26. The van der Waals surface area contributed by atoms with Gasteiger partial charge in [0.05, 0.1) is 13.1 Å². The van der Waals surface area contributed by atoms with E-state index in [0.717, 1.165) is 0 Å². The largest absolute Gasteiger partial charge is 0.488 e. The first-order chi connectivity index (χ1) is 14.3. The molecule has 0 amide bonds. The van der Waals surface area contributed by atoms with Crippen LogP contribution in [0.1, 0.15) is 11.1 Å². The molecule has 0 saturated heterocycles. The van der Waals surface area contributed by atoms with E-state index < -0.39 is 22.5 Å². The molecule has 30 heavy (non-hydrogen) atoms. The van der Waals surface area contributed by atoms with Crippen LogP contribution in [-0.4, -0.2) is 32.3 Å². The minimum Gasteiger partial charge on any atom is -0.488 e. The van der Waals surface area contributed by atoms with Crippen molar-refractivity contribution in [2.45, 2.75) is 26.9 Å². The van der Waals surface area contributed by atoms with Crippen LogP contribution in [0.25, 0.3) is 0 Å². The summed E-state index contributed by atoms with van der Waals surface area (Å²) in [6.45, 7) is 4.10. The lowest BCUT2D eigenvalue weighted by molar-refractivity contribution is 0.250. The van der Waals surface area contributed by atoms with Crippen molar-refractivity contribution in [3.05, 3.63) is 89.5 Å². The van der Waals surface area contributed by atoms with Crippen molar-refractivity contribution in [3.63, 3.8) is 0 Å². The molecule has 0 fully saturated rings. The van der Waals surface area contributed by atoms with Gasteiger partial charge in [-0.3, -0.25) is 28.7 Å². The molecular weight excluding hydrogens is 392 g/mol. The number of hydrogen-bond donors (Lipinski definition) is 2. The minimum absolute atomic E-state index is 0.185. The third-order valence-corrected chi connectivity index (χ3v) is 4.41. The number of aromatic nitrogens is 4. The minimum atomic E-state index is -0.500. The molecule has 2 N–H and O–H groups in total. The molecule has 0 aliphatic heterocycles. The molecule has 0 bridgehead atoms. The second-order valence-electron chi connectivity index (χ2n) is 6.67. The summed E-state index contributed by atoms with van der Waals surface area (Å²) in [6.07, 6.45) is 2.97. The first-order valence-electron chi connectivity index (χ1n) is 9.30. The van der Waals surface area contributed by atoms with Crippen molar-refractivity contribution in [1.29, 1.82) is 0 Å². The Morgan fingerprint density at radius 3 is 1.53 bits per heavy atom. The van der Waals surface area contributed by atoms with Crippen molar-refractivity contribution in [2.24, 2.45) is 0 Å². The van der Waals surface area contributed by atoms with Crippen LogP contribution in [0.3, 0.4) is 0 Å². The summed E-state index contributed by atoms with van der Waals surface area (Å²) in [7, 11) is 0. The van der Waals surface area contributed by atoms with Gasteiger partial charge in [0.15, 0.2) is 11.5 Å². The Morgan fingerprint density at radius 1 is 0.733 bits per heavy atom. The number of aromatic amines is 2. The van der Waals surface area contributed by atoms with E-state index in [2.05, 4.69) is 9.97 Å². The smallest absolute Gasteiger partial charge is 0.328 e. The Morgan fingerprint density at radius 2 is 1.13 bits per heavy atom. The molecule has 0 spiro atoms. The quantitative estimate of drug-likeness (QED) is 0.540. The Labute approximate surface area is 170 Å². The number of benzene rings is 1. The molecule has 0 aliphatic carbocycles. The zero-order valence-electron chi connectivity index (χ0n) is 16.6.